The molecule has 1 heterocycles. The van der Waals surface area contributed by atoms with Crippen LogP contribution in [0, 0.1) is 0 Å². The molecule has 1 aliphatic heterocycles. The SMILES string of the molecule is C=C(C)c1cccc(C(C)(C)NC(=O)N2CCOCC2CO)c1. The molecule has 1 atom stereocenters. The normalized spacial score (nSPS) is 18.6. The summed E-state index contributed by atoms with van der Waals surface area (Å²) in [6.45, 7) is 11.1. The zero-order valence-electron chi connectivity index (χ0n) is 14.1. The lowest BCUT2D eigenvalue weighted by molar-refractivity contribution is -0.00890. The van der Waals surface area contributed by atoms with Gasteiger partial charge in [-0.3, -0.25) is 0 Å². The Bertz CT molecular complexity index is 583. The smallest absolute Gasteiger partial charge is 0.318 e. The van der Waals surface area contributed by atoms with Gasteiger partial charge in [-0.2, -0.15) is 0 Å². The number of carbonyl (C=O) groups is 1. The van der Waals surface area contributed by atoms with Crippen LogP contribution in [0.15, 0.2) is 30.8 Å². The van der Waals surface area contributed by atoms with Gasteiger partial charge in [0.25, 0.3) is 0 Å². The molecule has 5 heteroatoms. The fraction of sp³-hybridized carbons (Fsp3) is 0.500. The lowest BCUT2D eigenvalue weighted by Crippen LogP contribution is -2.57. The van der Waals surface area contributed by atoms with Gasteiger partial charge in [0.15, 0.2) is 0 Å². The van der Waals surface area contributed by atoms with Crippen LogP contribution in [0.4, 0.5) is 4.79 Å². The van der Waals surface area contributed by atoms with Crippen LogP contribution in [0.3, 0.4) is 0 Å². The first kappa shape index (κ1) is 17.5. The summed E-state index contributed by atoms with van der Waals surface area (Å²) in [7, 11) is 0. The van der Waals surface area contributed by atoms with E-state index in [1.165, 1.54) is 0 Å². The second-order valence-electron chi connectivity index (χ2n) is 6.52. The number of allylic oxidation sites excluding steroid dienone is 1. The number of morpholine rings is 1. The van der Waals surface area contributed by atoms with Crippen LogP contribution in [-0.4, -0.2) is 48.4 Å². The Hall–Kier alpha value is -1.85. The van der Waals surface area contributed by atoms with Crippen molar-refractivity contribution in [1.29, 1.82) is 0 Å². The van der Waals surface area contributed by atoms with Gasteiger partial charge >= 0.3 is 6.03 Å². The monoisotopic (exact) mass is 318 g/mol. The van der Waals surface area contributed by atoms with Crippen LogP contribution < -0.4 is 5.32 Å². The quantitative estimate of drug-likeness (QED) is 0.896. The van der Waals surface area contributed by atoms with E-state index in [-0.39, 0.29) is 18.7 Å². The molecule has 1 fully saturated rings. The van der Waals surface area contributed by atoms with E-state index in [1.54, 1.807) is 4.90 Å². The summed E-state index contributed by atoms with van der Waals surface area (Å²) in [5.41, 5.74) is 2.54. The number of carbonyl (C=O) groups excluding carboxylic acids is 1. The molecule has 0 aromatic heterocycles. The Kier molecular flexibility index (Phi) is 5.44. The summed E-state index contributed by atoms with van der Waals surface area (Å²) in [5.74, 6) is 0. The van der Waals surface area contributed by atoms with E-state index in [0.29, 0.717) is 19.8 Å². The van der Waals surface area contributed by atoms with Gasteiger partial charge in [-0.05, 0) is 38.0 Å². The van der Waals surface area contributed by atoms with Gasteiger partial charge in [0.2, 0.25) is 0 Å². The molecule has 1 aromatic rings. The molecule has 2 rings (SSSR count). The number of amides is 2. The van der Waals surface area contributed by atoms with E-state index in [2.05, 4.69) is 11.9 Å². The summed E-state index contributed by atoms with van der Waals surface area (Å²) >= 11 is 0. The van der Waals surface area contributed by atoms with Crippen LogP contribution in [0.1, 0.15) is 31.9 Å². The minimum absolute atomic E-state index is 0.0982. The van der Waals surface area contributed by atoms with Crippen molar-refractivity contribution in [2.75, 3.05) is 26.4 Å². The predicted molar refractivity (Wildman–Crippen MR) is 91.1 cm³/mol. The van der Waals surface area contributed by atoms with Gasteiger partial charge in [-0.15, -0.1) is 0 Å². The Balaban J connectivity index is 2.15. The fourth-order valence-electron chi connectivity index (χ4n) is 2.66. The van der Waals surface area contributed by atoms with Crippen molar-refractivity contribution in [1.82, 2.24) is 10.2 Å². The fourth-order valence-corrected chi connectivity index (χ4v) is 2.66. The molecular weight excluding hydrogens is 292 g/mol. The molecule has 1 saturated heterocycles. The third-order valence-electron chi connectivity index (χ3n) is 4.20. The molecule has 1 aliphatic rings. The summed E-state index contributed by atoms with van der Waals surface area (Å²) < 4.78 is 5.32. The maximum atomic E-state index is 12.6. The first-order valence-electron chi connectivity index (χ1n) is 7.89. The van der Waals surface area contributed by atoms with Crippen LogP contribution in [0.25, 0.3) is 5.57 Å². The number of rotatable bonds is 4. The Morgan fingerprint density at radius 1 is 1.52 bits per heavy atom. The number of hydrogen-bond acceptors (Lipinski definition) is 3. The van der Waals surface area contributed by atoms with E-state index in [0.717, 1.165) is 16.7 Å². The topological polar surface area (TPSA) is 61.8 Å². The zero-order chi connectivity index (χ0) is 17.0. The molecule has 5 nitrogen and oxygen atoms in total. The number of hydrogen-bond donors (Lipinski definition) is 2. The number of benzene rings is 1. The summed E-state index contributed by atoms with van der Waals surface area (Å²) in [4.78, 5) is 14.3. The lowest BCUT2D eigenvalue weighted by atomic mass is 9.92. The molecule has 0 aliphatic carbocycles. The largest absolute Gasteiger partial charge is 0.394 e. The number of aliphatic hydroxyl groups is 1. The molecule has 1 unspecified atom stereocenters. The standard InChI is InChI=1S/C18H26N2O3/c1-13(2)14-6-5-7-15(10-14)18(3,4)19-17(22)20-8-9-23-12-16(20)11-21/h5-7,10,16,21H,1,8-9,11-12H2,2-4H3,(H,19,22). The van der Waals surface area contributed by atoms with Crippen molar-refractivity contribution >= 4 is 11.6 Å². The number of aliphatic hydroxyl groups excluding tert-OH is 1. The van der Waals surface area contributed by atoms with Crippen molar-refractivity contribution < 1.29 is 14.6 Å². The first-order valence-corrected chi connectivity index (χ1v) is 7.89. The predicted octanol–water partition coefficient (Wildman–Crippen LogP) is 2.36. The molecule has 0 bridgehead atoms. The maximum Gasteiger partial charge on any atom is 0.318 e. The van der Waals surface area contributed by atoms with Crippen molar-refractivity contribution in [2.24, 2.45) is 0 Å². The van der Waals surface area contributed by atoms with Gasteiger partial charge in [0, 0.05) is 6.54 Å². The van der Waals surface area contributed by atoms with Gasteiger partial charge in [-0.1, -0.05) is 30.4 Å². The molecule has 2 amide bonds. The molecule has 2 N–H and O–H groups in total. The number of urea groups is 1. The Labute approximate surface area is 137 Å². The summed E-state index contributed by atoms with van der Waals surface area (Å²) in [5, 5.41) is 12.5. The summed E-state index contributed by atoms with van der Waals surface area (Å²) in [6.07, 6.45) is 0. The molecule has 126 valence electrons. The highest BCUT2D eigenvalue weighted by molar-refractivity contribution is 5.76. The molecular formula is C18H26N2O3. The second-order valence-corrected chi connectivity index (χ2v) is 6.52. The van der Waals surface area contributed by atoms with Crippen molar-refractivity contribution in [3.8, 4) is 0 Å². The molecule has 0 spiro atoms. The molecule has 0 radical (unpaired) electrons. The molecule has 23 heavy (non-hydrogen) atoms. The maximum absolute atomic E-state index is 12.6. The van der Waals surface area contributed by atoms with E-state index < -0.39 is 5.54 Å². The van der Waals surface area contributed by atoms with Crippen LogP contribution in [-0.2, 0) is 10.3 Å². The highest BCUT2D eigenvalue weighted by Crippen LogP contribution is 2.24. The third-order valence-corrected chi connectivity index (χ3v) is 4.20. The average molecular weight is 318 g/mol. The van der Waals surface area contributed by atoms with Gasteiger partial charge < -0.3 is 20.1 Å². The minimum atomic E-state index is -0.527. The molecule has 0 saturated carbocycles. The minimum Gasteiger partial charge on any atom is -0.394 e. The van der Waals surface area contributed by atoms with Gasteiger partial charge in [0.1, 0.15) is 0 Å². The zero-order valence-corrected chi connectivity index (χ0v) is 14.1. The van der Waals surface area contributed by atoms with Crippen molar-refractivity contribution in [3.63, 3.8) is 0 Å². The average Bonchev–Trinajstić information content (AvgIpc) is 2.54. The van der Waals surface area contributed by atoms with E-state index in [1.807, 2.05) is 45.0 Å². The first-order chi connectivity index (χ1) is 10.8. The number of ether oxygens (including phenoxy) is 1. The highest BCUT2D eigenvalue weighted by atomic mass is 16.5. The molecule has 1 aromatic carbocycles. The van der Waals surface area contributed by atoms with Gasteiger partial charge in [-0.25, -0.2) is 4.79 Å². The summed E-state index contributed by atoms with van der Waals surface area (Å²) in [6, 6.07) is 7.55. The van der Waals surface area contributed by atoms with Crippen molar-refractivity contribution in [2.45, 2.75) is 32.4 Å². The number of nitrogens with one attached hydrogen (secondary N) is 1. The van der Waals surface area contributed by atoms with E-state index in [9.17, 15) is 9.90 Å². The number of nitrogens with zero attached hydrogens (tertiary/aromatic N) is 1. The second kappa shape index (κ2) is 7.15. The van der Waals surface area contributed by atoms with Crippen LogP contribution in [0.5, 0.6) is 0 Å². The van der Waals surface area contributed by atoms with Gasteiger partial charge in [0.05, 0.1) is 31.4 Å². The third kappa shape index (κ3) is 4.12. The Morgan fingerprint density at radius 3 is 2.91 bits per heavy atom. The van der Waals surface area contributed by atoms with Crippen LogP contribution in [0.2, 0.25) is 0 Å². The lowest BCUT2D eigenvalue weighted by Gasteiger charge is -2.37. The van der Waals surface area contributed by atoms with Crippen molar-refractivity contribution in [3.05, 3.63) is 42.0 Å². The Morgan fingerprint density at radius 2 is 2.26 bits per heavy atom. The van der Waals surface area contributed by atoms with E-state index in [4.69, 9.17) is 4.74 Å². The highest BCUT2D eigenvalue weighted by Gasteiger charge is 2.31. The van der Waals surface area contributed by atoms with Crippen LogP contribution >= 0.6 is 0 Å². The van der Waals surface area contributed by atoms with E-state index >= 15 is 0 Å².